The average molecular weight is 390 g/mol. The van der Waals surface area contributed by atoms with Crippen LogP contribution in [0.2, 0.25) is 0 Å². The van der Waals surface area contributed by atoms with E-state index >= 15 is 0 Å². The molecule has 2 aliphatic rings. The number of rotatable bonds is 6. The third kappa shape index (κ3) is 4.80. The predicted molar refractivity (Wildman–Crippen MR) is 109 cm³/mol. The molecule has 0 spiro atoms. The van der Waals surface area contributed by atoms with Gasteiger partial charge in [-0.15, -0.1) is 0 Å². The van der Waals surface area contributed by atoms with E-state index in [4.69, 9.17) is 19.9 Å². The third-order valence-electron chi connectivity index (χ3n) is 6.51. The van der Waals surface area contributed by atoms with Crippen LogP contribution in [0.3, 0.4) is 0 Å². The Balaban J connectivity index is 1.62. The van der Waals surface area contributed by atoms with E-state index in [2.05, 4.69) is 32.9 Å². The molecule has 0 heterocycles. The van der Waals surface area contributed by atoms with Crippen LogP contribution in [0.5, 0.6) is 5.75 Å². The fourth-order valence-electron chi connectivity index (χ4n) is 4.69. The minimum Gasteiger partial charge on any atom is -0.457 e. The van der Waals surface area contributed by atoms with Crippen molar-refractivity contribution in [2.24, 2.45) is 17.6 Å². The Morgan fingerprint density at radius 3 is 2.86 bits per heavy atom. The van der Waals surface area contributed by atoms with E-state index in [0.29, 0.717) is 24.2 Å². The lowest BCUT2D eigenvalue weighted by Gasteiger charge is -2.47. The Kier molecular flexibility index (Phi) is 6.86. The highest BCUT2D eigenvalue weighted by molar-refractivity contribution is 5.59. The normalized spacial score (nSPS) is 26.8. The average Bonchev–Trinajstić information content (AvgIpc) is 2.65. The maximum atomic E-state index is 11.6. The van der Waals surface area contributed by atoms with Crippen molar-refractivity contribution in [2.75, 3.05) is 13.4 Å². The molecule has 2 bridgehead atoms. The Morgan fingerprint density at radius 2 is 2.07 bits per heavy atom. The van der Waals surface area contributed by atoms with Gasteiger partial charge in [0.2, 0.25) is 6.79 Å². The Hall–Kier alpha value is -1.75. The maximum Gasteiger partial charge on any atom is 0.511 e. The summed E-state index contributed by atoms with van der Waals surface area (Å²) in [5.74, 6) is 1.76. The summed E-state index contributed by atoms with van der Waals surface area (Å²) in [6.07, 6.45) is 7.31. The molecule has 1 fully saturated rings. The van der Waals surface area contributed by atoms with Crippen LogP contribution in [0.25, 0.3) is 0 Å². The van der Waals surface area contributed by atoms with Crippen LogP contribution in [-0.4, -0.2) is 25.6 Å². The Labute approximate surface area is 168 Å². The second-order valence-electron chi connectivity index (χ2n) is 9.01. The number of benzene rings is 1. The summed E-state index contributed by atoms with van der Waals surface area (Å²) < 4.78 is 15.7. The van der Waals surface area contributed by atoms with Crippen LogP contribution in [0.4, 0.5) is 4.79 Å². The first-order valence-electron chi connectivity index (χ1n) is 10.7. The van der Waals surface area contributed by atoms with Crippen molar-refractivity contribution in [3.63, 3.8) is 0 Å². The summed E-state index contributed by atoms with van der Waals surface area (Å²) in [6.45, 7) is 6.69. The molecule has 5 heteroatoms. The Morgan fingerprint density at radius 1 is 1.25 bits per heavy atom. The molecular formula is C23H35NO4. The first kappa shape index (κ1) is 21.0. The largest absolute Gasteiger partial charge is 0.511 e. The van der Waals surface area contributed by atoms with E-state index in [0.717, 1.165) is 19.3 Å². The molecule has 0 aliphatic heterocycles. The zero-order valence-corrected chi connectivity index (χ0v) is 17.5. The van der Waals surface area contributed by atoms with Crippen molar-refractivity contribution in [1.82, 2.24) is 0 Å². The Bertz CT molecular complexity index is 675. The highest BCUT2D eigenvalue weighted by atomic mass is 16.8. The van der Waals surface area contributed by atoms with Gasteiger partial charge in [-0.05, 0) is 60.8 Å². The van der Waals surface area contributed by atoms with Gasteiger partial charge < -0.3 is 19.9 Å². The summed E-state index contributed by atoms with van der Waals surface area (Å²) >= 11 is 0. The minimum absolute atomic E-state index is 0.0192. The van der Waals surface area contributed by atoms with E-state index in [1.807, 2.05) is 6.07 Å². The predicted octanol–water partition coefficient (Wildman–Crippen LogP) is 4.94. The zero-order chi connectivity index (χ0) is 20.1. The first-order valence-corrected chi connectivity index (χ1v) is 10.7. The van der Waals surface area contributed by atoms with Gasteiger partial charge in [-0.1, -0.05) is 46.1 Å². The zero-order valence-electron chi connectivity index (χ0n) is 17.5. The molecule has 2 N–H and O–H groups in total. The fourth-order valence-corrected chi connectivity index (χ4v) is 4.69. The molecule has 3 atom stereocenters. The van der Waals surface area contributed by atoms with E-state index in [-0.39, 0.29) is 18.2 Å². The molecule has 1 aromatic rings. The lowest BCUT2D eigenvalue weighted by atomic mass is 9.60. The van der Waals surface area contributed by atoms with Gasteiger partial charge in [0, 0.05) is 11.5 Å². The van der Waals surface area contributed by atoms with Crippen LogP contribution in [0.15, 0.2) is 18.2 Å². The molecule has 156 valence electrons. The van der Waals surface area contributed by atoms with Gasteiger partial charge >= 0.3 is 6.16 Å². The van der Waals surface area contributed by atoms with Gasteiger partial charge in [0.25, 0.3) is 0 Å². The highest BCUT2D eigenvalue weighted by Gasteiger charge is 2.43. The van der Waals surface area contributed by atoms with Crippen molar-refractivity contribution < 1.29 is 19.0 Å². The van der Waals surface area contributed by atoms with E-state index < -0.39 is 6.16 Å². The summed E-state index contributed by atoms with van der Waals surface area (Å²) in [5.41, 5.74) is 9.40. The SMILES string of the molecule is CC(C)CCOC(=O)OCOc1ccc2c(c1)[C@@]1(C)CCCCC[C@@H](C2)[C@@H]1N. The number of carbonyl (C=O) groups excluding carboxylic acids is 1. The van der Waals surface area contributed by atoms with Crippen LogP contribution in [0.1, 0.15) is 70.4 Å². The molecule has 0 aromatic heterocycles. The number of nitrogens with two attached hydrogens (primary N) is 1. The van der Waals surface area contributed by atoms with E-state index in [1.54, 1.807) is 0 Å². The van der Waals surface area contributed by atoms with Gasteiger partial charge in [-0.2, -0.15) is 0 Å². The van der Waals surface area contributed by atoms with Crippen LogP contribution >= 0.6 is 0 Å². The second kappa shape index (κ2) is 9.17. The molecule has 28 heavy (non-hydrogen) atoms. The van der Waals surface area contributed by atoms with E-state index in [9.17, 15) is 4.79 Å². The lowest BCUT2D eigenvalue weighted by Crippen LogP contribution is -2.52. The smallest absolute Gasteiger partial charge is 0.457 e. The van der Waals surface area contributed by atoms with Gasteiger partial charge in [-0.25, -0.2) is 4.79 Å². The van der Waals surface area contributed by atoms with Crippen LogP contribution < -0.4 is 10.5 Å². The monoisotopic (exact) mass is 389 g/mol. The fraction of sp³-hybridized carbons (Fsp3) is 0.696. The number of hydrogen-bond donors (Lipinski definition) is 1. The standard InChI is InChI=1S/C23H35NO4/c1-16(2)10-12-26-22(25)28-15-27-19-9-8-17-13-18-7-5-4-6-11-23(3,21(18)24)20(17)14-19/h8-9,14,16,18,21H,4-7,10-13,15,24H2,1-3H3/t18-,21-,23+/m0/s1. The molecular weight excluding hydrogens is 354 g/mol. The topological polar surface area (TPSA) is 70.8 Å². The molecule has 2 aliphatic carbocycles. The third-order valence-corrected chi connectivity index (χ3v) is 6.51. The van der Waals surface area contributed by atoms with Gasteiger partial charge in [0.15, 0.2) is 0 Å². The minimum atomic E-state index is -0.685. The summed E-state index contributed by atoms with van der Waals surface area (Å²) in [6, 6.07) is 6.40. The van der Waals surface area contributed by atoms with Gasteiger partial charge in [-0.3, -0.25) is 0 Å². The van der Waals surface area contributed by atoms with Crippen molar-refractivity contribution in [2.45, 2.75) is 77.2 Å². The lowest BCUT2D eigenvalue weighted by molar-refractivity contribution is 0.00308. The van der Waals surface area contributed by atoms with Crippen molar-refractivity contribution >= 4 is 6.16 Å². The second-order valence-corrected chi connectivity index (χ2v) is 9.01. The molecule has 0 amide bonds. The maximum absolute atomic E-state index is 11.6. The first-order chi connectivity index (χ1) is 13.4. The highest BCUT2D eigenvalue weighted by Crippen LogP contribution is 2.46. The van der Waals surface area contributed by atoms with Crippen molar-refractivity contribution in [3.05, 3.63) is 29.3 Å². The number of fused-ring (bicyclic) bond motifs is 4. The molecule has 1 saturated carbocycles. The molecule has 0 saturated heterocycles. The number of ether oxygens (including phenoxy) is 3. The number of hydrogen-bond acceptors (Lipinski definition) is 5. The summed E-state index contributed by atoms with van der Waals surface area (Å²) in [7, 11) is 0. The molecule has 0 unspecified atom stereocenters. The van der Waals surface area contributed by atoms with Crippen LogP contribution in [-0.2, 0) is 21.3 Å². The van der Waals surface area contributed by atoms with Gasteiger partial charge in [0.05, 0.1) is 6.61 Å². The van der Waals surface area contributed by atoms with Crippen molar-refractivity contribution in [1.29, 1.82) is 0 Å². The van der Waals surface area contributed by atoms with E-state index in [1.165, 1.54) is 36.8 Å². The molecule has 3 rings (SSSR count). The quantitative estimate of drug-likeness (QED) is 0.551. The molecule has 1 aromatic carbocycles. The number of carbonyl (C=O) groups is 1. The molecule has 0 radical (unpaired) electrons. The summed E-state index contributed by atoms with van der Waals surface area (Å²) in [4.78, 5) is 11.6. The van der Waals surface area contributed by atoms with Gasteiger partial charge in [0.1, 0.15) is 5.75 Å². The summed E-state index contributed by atoms with van der Waals surface area (Å²) in [5, 5.41) is 0. The molecule has 5 nitrogen and oxygen atoms in total. The van der Waals surface area contributed by atoms with Crippen molar-refractivity contribution in [3.8, 4) is 5.75 Å². The van der Waals surface area contributed by atoms with Crippen LogP contribution in [0, 0.1) is 11.8 Å².